The molecule has 0 amide bonds. The number of nitrogens with one attached hydrogen (secondary N) is 1. The van der Waals surface area contributed by atoms with Gasteiger partial charge in [-0.15, -0.1) is 0 Å². The Morgan fingerprint density at radius 3 is 2.50 bits per heavy atom. The number of hydrogen-bond acceptors (Lipinski definition) is 3. The molecule has 1 aromatic carbocycles. The zero-order valence-electron chi connectivity index (χ0n) is 10.3. The molecule has 18 heavy (non-hydrogen) atoms. The summed E-state index contributed by atoms with van der Waals surface area (Å²) in [7, 11) is 0. The molecule has 0 bridgehead atoms. The van der Waals surface area contributed by atoms with E-state index in [1.807, 2.05) is 44.2 Å². The number of anilines is 2. The van der Waals surface area contributed by atoms with Gasteiger partial charge in [-0.2, -0.15) is 0 Å². The Morgan fingerprint density at radius 2 is 1.89 bits per heavy atom. The number of pyridine rings is 1. The predicted molar refractivity (Wildman–Crippen MR) is 70.4 cm³/mol. The minimum atomic E-state index is -0.982. The molecule has 1 aromatic heterocycles. The van der Waals surface area contributed by atoms with Crippen LogP contribution in [-0.2, 0) is 0 Å². The topological polar surface area (TPSA) is 62.2 Å². The van der Waals surface area contributed by atoms with Crippen molar-refractivity contribution in [2.75, 3.05) is 5.32 Å². The highest BCUT2D eigenvalue weighted by atomic mass is 16.4. The van der Waals surface area contributed by atoms with Gasteiger partial charge in [0.25, 0.3) is 0 Å². The number of aryl methyl sites for hydroxylation is 2. The van der Waals surface area contributed by atoms with Crippen LogP contribution in [0.4, 0.5) is 11.5 Å². The van der Waals surface area contributed by atoms with Crippen molar-refractivity contribution in [3.63, 3.8) is 0 Å². The number of benzene rings is 1. The van der Waals surface area contributed by atoms with Gasteiger partial charge in [-0.25, -0.2) is 9.78 Å². The molecule has 0 aliphatic carbocycles. The highest BCUT2D eigenvalue weighted by molar-refractivity contribution is 5.94. The van der Waals surface area contributed by atoms with E-state index in [2.05, 4.69) is 10.3 Å². The third-order valence-corrected chi connectivity index (χ3v) is 2.73. The van der Waals surface area contributed by atoms with E-state index in [-0.39, 0.29) is 5.56 Å². The summed E-state index contributed by atoms with van der Waals surface area (Å²) in [5.41, 5.74) is 2.68. The summed E-state index contributed by atoms with van der Waals surface area (Å²) in [5.74, 6) is -0.610. The second-order valence-corrected chi connectivity index (χ2v) is 4.08. The quantitative estimate of drug-likeness (QED) is 0.868. The smallest absolute Gasteiger partial charge is 0.339 e. The largest absolute Gasteiger partial charge is 0.478 e. The highest BCUT2D eigenvalue weighted by Crippen LogP contribution is 2.21. The van der Waals surface area contributed by atoms with Crippen LogP contribution < -0.4 is 5.32 Å². The number of nitrogens with zero attached hydrogens (tertiary/aromatic N) is 1. The number of carboxylic acid groups (broad SMARTS) is 1. The van der Waals surface area contributed by atoms with Gasteiger partial charge in [0.05, 0.1) is 0 Å². The lowest BCUT2D eigenvalue weighted by atomic mass is 10.1. The van der Waals surface area contributed by atoms with E-state index >= 15 is 0 Å². The average Bonchev–Trinajstić information content (AvgIpc) is 2.34. The van der Waals surface area contributed by atoms with Crippen molar-refractivity contribution in [3.8, 4) is 0 Å². The molecule has 0 saturated carbocycles. The number of carboxylic acids is 1. The Labute approximate surface area is 105 Å². The fourth-order valence-electron chi connectivity index (χ4n) is 1.62. The summed E-state index contributed by atoms with van der Waals surface area (Å²) in [4.78, 5) is 15.5. The molecule has 0 unspecified atom stereocenters. The summed E-state index contributed by atoms with van der Waals surface area (Å²) >= 11 is 0. The van der Waals surface area contributed by atoms with Crippen molar-refractivity contribution in [1.82, 2.24) is 4.98 Å². The first-order valence-electron chi connectivity index (χ1n) is 5.61. The molecular weight excluding hydrogens is 228 g/mol. The first-order chi connectivity index (χ1) is 8.58. The number of aromatic nitrogens is 1. The molecule has 4 heteroatoms. The van der Waals surface area contributed by atoms with Crippen molar-refractivity contribution in [2.45, 2.75) is 13.8 Å². The Hall–Kier alpha value is -2.36. The molecule has 0 aliphatic rings. The molecule has 92 valence electrons. The Balaban J connectivity index is 2.43. The lowest BCUT2D eigenvalue weighted by Gasteiger charge is -2.11. The van der Waals surface area contributed by atoms with Gasteiger partial charge in [0, 0.05) is 11.4 Å². The molecule has 0 aliphatic heterocycles. The number of rotatable bonds is 3. The van der Waals surface area contributed by atoms with Gasteiger partial charge in [-0.1, -0.05) is 18.2 Å². The van der Waals surface area contributed by atoms with Crippen molar-refractivity contribution in [1.29, 1.82) is 0 Å². The van der Waals surface area contributed by atoms with Crippen LogP contribution in [0.1, 0.15) is 21.6 Å². The van der Waals surface area contributed by atoms with Gasteiger partial charge in [-0.05, 0) is 37.6 Å². The maximum atomic E-state index is 11.2. The molecular formula is C14H14N2O2. The third-order valence-electron chi connectivity index (χ3n) is 2.73. The summed E-state index contributed by atoms with van der Waals surface area (Å²) in [6.07, 6.45) is 0. The van der Waals surface area contributed by atoms with Crippen molar-refractivity contribution >= 4 is 17.5 Å². The molecule has 0 atom stereocenters. The summed E-state index contributed by atoms with van der Waals surface area (Å²) in [5, 5.41) is 12.2. The van der Waals surface area contributed by atoms with Gasteiger partial charge < -0.3 is 10.4 Å². The minimum Gasteiger partial charge on any atom is -0.478 e. The summed E-state index contributed by atoms with van der Waals surface area (Å²) in [6, 6.07) is 11.0. The fraction of sp³-hybridized carbons (Fsp3) is 0.143. The van der Waals surface area contributed by atoms with Crippen LogP contribution in [0.3, 0.4) is 0 Å². The molecule has 4 nitrogen and oxygen atoms in total. The molecule has 0 radical (unpaired) electrons. The monoisotopic (exact) mass is 242 g/mol. The second kappa shape index (κ2) is 4.87. The zero-order valence-corrected chi connectivity index (χ0v) is 10.3. The minimum absolute atomic E-state index is 0.182. The van der Waals surface area contributed by atoms with Gasteiger partial charge in [-0.3, -0.25) is 0 Å². The van der Waals surface area contributed by atoms with Gasteiger partial charge in [0.2, 0.25) is 0 Å². The summed E-state index contributed by atoms with van der Waals surface area (Å²) < 4.78 is 0. The maximum Gasteiger partial charge on any atom is 0.339 e. The number of carbonyl (C=O) groups is 1. The predicted octanol–water partition coefficient (Wildman–Crippen LogP) is 3.14. The van der Waals surface area contributed by atoms with Gasteiger partial charge in [0.15, 0.2) is 0 Å². The van der Waals surface area contributed by atoms with E-state index in [9.17, 15) is 9.90 Å². The number of para-hydroxylation sites is 1. The highest BCUT2D eigenvalue weighted by Gasteiger charge is 2.13. The lowest BCUT2D eigenvalue weighted by molar-refractivity contribution is 0.0697. The third kappa shape index (κ3) is 2.48. The van der Waals surface area contributed by atoms with Crippen LogP contribution in [-0.4, -0.2) is 16.1 Å². The van der Waals surface area contributed by atoms with Crippen LogP contribution in [0.5, 0.6) is 0 Å². The molecule has 2 aromatic rings. The summed E-state index contributed by atoms with van der Waals surface area (Å²) in [6.45, 7) is 3.71. The van der Waals surface area contributed by atoms with Crippen LogP contribution in [0.15, 0.2) is 36.4 Å². The lowest BCUT2D eigenvalue weighted by Crippen LogP contribution is -2.07. The molecule has 2 N–H and O–H groups in total. The van der Waals surface area contributed by atoms with Crippen molar-refractivity contribution < 1.29 is 9.90 Å². The normalized spacial score (nSPS) is 10.1. The van der Waals surface area contributed by atoms with E-state index in [1.165, 1.54) is 0 Å². The SMILES string of the molecule is Cc1cc(C(=O)O)c(Nc2ccccc2)nc1C. The first-order valence-corrected chi connectivity index (χ1v) is 5.61. The van der Waals surface area contributed by atoms with Crippen LogP contribution in [0.25, 0.3) is 0 Å². The molecule has 0 fully saturated rings. The van der Waals surface area contributed by atoms with Crippen molar-refractivity contribution in [3.05, 3.63) is 53.2 Å². The number of hydrogen-bond donors (Lipinski definition) is 2. The van der Waals surface area contributed by atoms with E-state index in [1.54, 1.807) is 6.07 Å². The van der Waals surface area contributed by atoms with Gasteiger partial charge in [0.1, 0.15) is 11.4 Å². The van der Waals surface area contributed by atoms with E-state index in [0.29, 0.717) is 5.82 Å². The standard InChI is InChI=1S/C14H14N2O2/c1-9-8-12(14(17)18)13(15-10(9)2)16-11-6-4-3-5-7-11/h3-8H,1-2H3,(H,15,16)(H,17,18). The van der Waals surface area contributed by atoms with Gasteiger partial charge >= 0.3 is 5.97 Å². The number of aromatic carboxylic acids is 1. The van der Waals surface area contributed by atoms with Crippen molar-refractivity contribution in [2.24, 2.45) is 0 Å². The molecule has 1 heterocycles. The first kappa shape index (κ1) is 12.1. The van der Waals surface area contributed by atoms with Crippen LogP contribution >= 0.6 is 0 Å². The van der Waals surface area contributed by atoms with E-state index in [4.69, 9.17) is 0 Å². The van der Waals surface area contributed by atoms with Crippen LogP contribution in [0.2, 0.25) is 0 Å². The Bertz CT molecular complexity index is 580. The van der Waals surface area contributed by atoms with Crippen LogP contribution in [0, 0.1) is 13.8 Å². The van der Waals surface area contributed by atoms with E-state index < -0.39 is 5.97 Å². The Kier molecular flexibility index (Phi) is 3.28. The molecule has 0 saturated heterocycles. The van der Waals surface area contributed by atoms with E-state index in [0.717, 1.165) is 16.9 Å². The molecule has 2 rings (SSSR count). The average molecular weight is 242 g/mol. The molecule has 0 spiro atoms. The second-order valence-electron chi connectivity index (χ2n) is 4.08. The Morgan fingerprint density at radius 1 is 1.22 bits per heavy atom. The maximum absolute atomic E-state index is 11.2. The fourth-order valence-corrected chi connectivity index (χ4v) is 1.62. The zero-order chi connectivity index (χ0) is 13.1.